The summed E-state index contributed by atoms with van der Waals surface area (Å²) in [6.07, 6.45) is 0. The first kappa shape index (κ1) is 28.8. The molecule has 5 nitrogen and oxygen atoms in total. The van der Waals surface area contributed by atoms with E-state index in [1.54, 1.807) is 0 Å². The van der Waals surface area contributed by atoms with E-state index in [0.717, 1.165) is 77.2 Å². The topological polar surface area (TPSA) is 81.2 Å². The molecule has 0 saturated carbocycles. The molecule has 0 amide bonds. The van der Waals surface area contributed by atoms with Crippen molar-refractivity contribution in [3.63, 3.8) is 0 Å². The van der Waals surface area contributed by atoms with E-state index in [-0.39, 0.29) is 0 Å². The van der Waals surface area contributed by atoms with Gasteiger partial charge < -0.3 is 9.13 Å². The third-order valence-corrected chi connectivity index (χ3v) is 9.65. The summed E-state index contributed by atoms with van der Waals surface area (Å²) in [5.74, 6) is 0. The van der Waals surface area contributed by atoms with Crippen LogP contribution in [0.3, 0.4) is 0 Å². The molecule has 0 fully saturated rings. The van der Waals surface area contributed by atoms with Gasteiger partial charge in [-0.05, 0) is 77.4 Å². The van der Waals surface area contributed by atoms with Crippen molar-refractivity contribution in [2.45, 2.75) is 0 Å². The van der Waals surface area contributed by atoms with Gasteiger partial charge in [-0.1, -0.05) is 91.0 Å². The van der Waals surface area contributed by atoms with Gasteiger partial charge in [-0.2, -0.15) is 15.8 Å². The van der Waals surface area contributed by atoms with Gasteiger partial charge in [0.1, 0.15) is 12.1 Å². The Morgan fingerprint density at radius 3 is 1.44 bits per heavy atom. The van der Waals surface area contributed by atoms with Gasteiger partial charge in [0, 0.05) is 32.8 Å². The van der Waals surface area contributed by atoms with Crippen molar-refractivity contribution in [3.8, 4) is 51.8 Å². The molecule has 0 atom stereocenters. The van der Waals surface area contributed by atoms with Crippen LogP contribution in [0.15, 0.2) is 152 Å². The third kappa shape index (κ3) is 4.38. The molecule has 9 rings (SSSR count). The third-order valence-electron chi connectivity index (χ3n) is 9.65. The van der Waals surface area contributed by atoms with Crippen LogP contribution in [0.5, 0.6) is 0 Å². The zero-order chi connectivity index (χ0) is 33.8. The number of nitrogens with zero attached hydrogens (tertiary/aromatic N) is 5. The number of hydrogen-bond acceptors (Lipinski definition) is 3. The van der Waals surface area contributed by atoms with Crippen LogP contribution in [0.1, 0.15) is 16.7 Å². The molecule has 9 aromatic rings. The Hall–Kier alpha value is -7.39. The Labute approximate surface area is 287 Å². The van der Waals surface area contributed by atoms with Crippen LogP contribution in [0, 0.1) is 34.0 Å². The minimum atomic E-state index is 0.346. The molecular formula is C45H25N5. The van der Waals surface area contributed by atoms with Gasteiger partial charge in [0.25, 0.3) is 0 Å². The van der Waals surface area contributed by atoms with Crippen LogP contribution < -0.4 is 0 Å². The Morgan fingerprint density at radius 2 is 0.860 bits per heavy atom. The van der Waals surface area contributed by atoms with E-state index in [2.05, 4.69) is 112 Å². The first-order valence-corrected chi connectivity index (χ1v) is 16.3. The second kappa shape index (κ2) is 11.4. The van der Waals surface area contributed by atoms with Crippen LogP contribution in [-0.4, -0.2) is 9.13 Å². The molecule has 2 heterocycles. The lowest BCUT2D eigenvalue weighted by molar-refractivity contribution is 1.17. The predicted molar refractivity (Wildman–Crippen MR) is 200 cm³/mol. The van der Waals surface area contributed by atoms with Crippen molar-refractivity contribution >= 4 is 43.6 Å². The van der Waals surface area contributed by atoms with Crippen LogP contribution in [-0.2, 0) is 0 Å². The normalized spacial score (nSPS) is 11.1. The fourth-order valence-corrected chi connectivity index (χ4v) is 7.34. The minimum Gasteiger partial charge on any atom is -0.309 e. The molecule has 0 bridgehead atoms. The summed E-state index contributed by atoms with van der Waals surface area (Å²) in [5, 5.41) is 33.9. The highest BCUT2D eigenvalue weighted by Crippen LogP contribution is 2.38. The molecule has 7 aromatic carbocycles. The highest BCUT2D eigenvalue weighted by molar-refractivity contribution is 6.10. The maximum absolute atomic E-state index is 10.0. The van der Waals surface area contributed by atoms with Crippen LogP contribution in [0.4, 0.5) is 0 Å². The average molecular weight is 636 g/mol. The van der Waals surface area contributed by atoms with Gasteiger partial charge in [0.15, 0.2) is 0 Å². The first-order valence-electron chi connectivity index (χ1n) is 16.3. The molecule has 0 aliphatic heterocycles. The number of para-hydroxylation sites is 3. The maximum atomic E-state index is 10.0. The van der Waals surface area contributed by atoms with Gasteiger partial charge >= 0.3 is 0 Å². The smallest absolute Gasteiger partial charge is 0.101 e. The van der Waals surface area contributed by atoms with E-state index in [1.807, 2.05) is 66.7 Å². The van der Waals surface area contributed by atoms with Gasteiger partial charge in [0.2, 0.25) is 0 Å². The van der Waals surface area contributed by atoms with Crippen LogP contribution in [0.25, 0.3) is 77.2 Å². The Morgan fingerprint density at radius 1 is 0.380 bits per heavy atom. The molecule has 0 radical (unpaired) electrons. The number of hydrogen-bond donors (Lipinski definition) is 0. The highest BCUT2D eigenvalue weighted by Gasteiger charge is 2.19. The van der Waals surface area contributed by atoms with Crippen molar-refractivity contribution in [2.24, 2.45) is 0 Å². The molecule has 50 heavy (non-hydrogen) atoms. The van der Waals surface area contributed by atoms with Gasteiger partial charge in [0.05, 0.1) is 50.5 Å². The molecule has 5 heteroatoms. The summed E-state index contributed by atoms with van der Waals surface area (Å²) in [7, 11) is 0. The maximum Gasteiger partial charge on any atom is 0.101 e. The lowest BCUT2D eigenvalue weighted by Gasteiger charge is -2.16. The molecule has 0 aliphatic rings. The monoisotopic (exact) mass is 635 g/mol. The zero-order valence-electron chi connectivity index (χ0n) is 26.7. The van der Waals surface area contributed by atoms with Crippen molar-refractivity contribution in [3.05, 3.63) is 168 Å². The lowest BCUT2D eigenvalue weighted by atomic mass is 9.95. The number of rotatable bonds is 4. The fourth-order valence-electron chi connectivity index (χ4n) is 7.34. The highest BCUT2D eigenvalue weighted by atomic mass is 15.0. The van der Waals surface area contributed by atoms with E-state index in [4.69, 9.17) is 0 Å². The minimum absolute atomic E-state index is 0.346. The molecule has 0 aliphatic carbocycles. The van der Waals surface area contributed by atoms with E-state index >= 15 is 0 Å². The Bertz CT molecular complexity index is 2890. The van der Waals surface area contributed by atoms with E-state index < -0.39 is 0 Å². The van der Waals surface area contributed by atoms with E-state index in [9.17, 15) is 15.8 Å². The van der Waals surface area contributed by atoms with Crippen molar-refractivity contribution in [2.75, 3.05) is 0 Å². The Balaban J connectivity index is 1.14. The summed E-state index contributed by atoms with van der Waals surface area (Å²) in [4.78, 5) is 0. The molecule has 0 N–H and O–H groups in total. The number of nitriles is 3. The van der Waals surface area contributed by atoms with Crippen molar-refractivity contribution < 1.29 is 0 Å². The number of benzene rings is 7. The molecule has 2 aromatic heterocycles. The van der Waals surface area contributed by atoms with Gasteiger partial charge in [-0.15, -0.1) is 0 Å². The summed E-state index contributed by atoms with van der Waals surface area (Å²) in [6, 6.07) is 58.1. The lowest BCUT2D eigenvalue weighted by Crippen LogP contribution is -2.00. The number of aromatic nitrogens is 2. The first-order chi connectivity index (χ1) is 24.7. The Kier molecular flexibility index (Phi) is 6.56. The fraction of sp³-hybridized carbons (Fsp3) is 0. The largest absolute Gasteiger partial charge is 0.309 e. The summed E-state index contributed by atoms with van der Waals surface area (Å²) >= 11 is 0. The standard InChI is InChI=1S/C45H25N5/c46-26-29-13-22-44-40(23-29)38-9-3-4-10-41(38)49(44)35-20-18-31(19-21-35)30-14-16-32(17-15-30)39-24-33(27-47)34(28-48)25-45(39)50-42-11-5-1-7-36(42)37-8-2-6-12-43(37)50/h1-25H. The molecule has 0 spiro atoms. The van der Waals surface area contributed by atoms with Gasteiger partial charge in [-0.3, -0.25) is 0 Å². The summed E-state index contributed by atoms with van der Waals surface area (Å²) in [5.41, 5.74) is 11.4. The second-order valence-corrected chi connectivity index (χ2v) is 12.3. The van der Waals surface area contributed by atoms with Crippen LogP contribution in [0.2, 0.25) is 0 Å². The van der Waals surface area contributed by atoms with Gasteiger partial charge in [-0.25, -0.2) is 0 Å². The number of fused-ring (bicyclic) bond motifs is 6. The van der Waals surface area contributed by atoms with Crippen LogP contribution >= 0.6 is 0 Å². The predicted octanol–water partition coefficient (Wildman–Crippen LogP) is 10.8. The SMILES string of the molecule is N#Cc1ccc2c(c1)c1ccccc1n2-c1ccc(-c2ccc(-c3cc(C#N)c(C#N)cc3-n3c4ccccc4c4ccccc43)cc2)cc1. The van der Waals surface area contributed by atoms with Crippen molar-refractivity contribution in [1.29, 1.82) is 15.8 Å². The average Bonchev–Trinajstić information content (AvgIpc) is 3.70. The van der Waals surface area contributed by atoms with E-state index in [1.165, 1.54) is 0 Å². The zero-order valence-corrected chi connectivity index (χ0v) is 26.7. The molecular weight excluding hydrogens is 611 g/mol. The quantitative estimate of drug-likeness (QED) is 0.193. The summed E-state index contributed by atoms with van der Waals surface area (Å²) in [6.45, 7) is 0. The molecule has 230 valence electrons. The second-order valence-electron chi connectivity index (χ2n) is 12.3. The summed E-state index contributed by atoms with van der Waals surface area (Å²) < 4.78 is 4.44. The molecule has 0 saturated heterocycles. The van der Waals surface area contributed by atoms with Crippen molar-refractivity contribution in [1.82, 2.24) is 9.13 Å². The van der Waals surface area contributed by atoms with E-state index in [0.29, 0.717) is 16.7 Å². The molecule has 0 unspecified atom stereocenters.